The van der Waals surface area contributed by atoms with Gasteiger partial charge in [-0.25, -0.2) is 0 Å². The Bertz CT molecular complexity index is 1040. The van der Waals surface area contributed by atoms with Gasteiger partial charge >= 0.3 is 15.2 Å². The highest BCUT2D eigenvalue weighted by molar-refractivity contribution is 7.72. The van der Waals surface area contributed by atoms with Gasteiger partial charge in [0.15, 0.2) is 0 Å². The van der Waals surface area contributed by atoms with E-state index >= 15 is 0 Å². The second-order valence-corrected chi connectivity index (χ2v) is 19.1. The van der Waals surface area contributed by atoms with Crippen LogP contribution in [-0.2, 0) is 13.9 Å². The molecule has 56 heavy (non-hydrogen) atoms. The van der Waals surface area contributed by atoms with Crippen molar-refractivity contribution in [2.45, 2.75) is 141 Å². The number of hydrogen-bond donors (Lipinski definition) is 11. The predicted octanol–water partition coefficient (Wildman–Crippen LogP) is 0.507. The third-order valence-corrected chi connectivity index (χ3v) is 14.0. The maximum Gasteiger partial charge on any atom is 0.369 e. The molecule has 18 nitrogen and oxygen atoms in total. The van der Waals surface area contributed by atoms with Crippen molar-refractivity contribution in [3.8, 4) is 0 Å². The van der Waals surface area contributed by atoms with Gasteiger partial charge in [0.1, 0.15) is 0 Å². The van der Waals surface area contributed by atoms with Crippen molar-refractivity contribution in [2.75, 3.05) is 85.1 Å². The molecule has 0 saturated heterocycles. The summed E-state index contributed by atoms with van der Waals surface area (Å²) >= 11 is 0. The number of carbonyl (C=O) groups is 1. The zero-order valence-electron chi connectivity index (χ0n) is 34.7. The van der Waals surface area contributed by atoms with Gasteiger partial charge in [0.25, 0.3) is 5.08 Å². The highest BCUT2D eigenvalue weighted by atomic mass is 31.2. The number of hydrogen-bond acceptors (Lipinski definition) is 13. The average molecular weight is 852 g/mol. The summed E-state index contributed by atoms with van der Waals surface area (Å²) in [5, 5.41) is 60.9. The van der Waals surface area contributed by atoms with Crippen LogP contribution in [0.15, 0.2) is 0 Å². The van der Waals surface area contributed by atoms with Crippen LogP contribution in [0.3, 0.4) is 0 Å². The predicted molar refractivity (Wildman–Crippen MR) is 217 cm³/mol. The highest BCUT2D eigenvalue weighted by Crippen LogP contribution is 2.69. The third kappa shape index (κ3) is 23.8. The zero-order valence-corrected chi connectivity index (χ0v) is 36.5. The van der Waals surface area contributed by atoms with Crippen LogP contribution in [0.2, 0.25) is 0 Å². The van der Waals surface area contributed by atoms with Gasteiger partial charge in [-0.05, 0) is 97.1 Å². The summed E-state index contributed by atoms with van der Waals surface area (Å²) < 4.78 is 23.2. The lowest BCUT2D eigenvalue weighted by Crippen LogP contribution is -2.41. The molecular weight excluding hydrogens is 772 g/mol. The molecule has 0 saturated carbocycles. The first-order chi connectivity index (χ1) is 26.2. The van der Waals surface area contributed by atoms with Gasteiger partial charge in [0, 0.05) is 58.7 Å². The number of nitrogens with one attached hydrogen (secondary N) is 1. The molecule has 0 aliphatic carbocycles. The maximum absolute atomic E-state index is 12.6. The Kier molecular flexibility index (Phi) is 29.2. The second-order valence-electron chi connectivity index (χ2n) is 15.1. The van der Waals surface area contributed by atoms with Crippen LogP contribution >= 0.6 is 15.2 Å². The van der Waals surface area contributed by atoms with E-state index < -0.39 is 63.1 Å². The molecule has 0 fully saturated rings. The fraction of sp³-hybridized carbons (Fsp3) is 0.972. The van der Waals surface area contributed by atoms with Crippen LogP contribution in [0.4, 0.5) is 0 Å². The van der Waals surface area contributed by atoms with Crippen molar-refractivity contribution < 1.29 is 64.1 Å². The molecule has 0 heterocycles. The van der Waals surface area contributed by atoms with Crippen LogP contribution < -0.4 is 5.32 Å². The molecule has 20 heteroatoms. The Morgan fingerprint density at radius 3 is 1.14 bits per heavy atom. The van der Waals surface area contributed by atoms with E-state index in [0.29, 0.717) is 91.0 Å². The van der Waals surface area contributed by atoms with Crippen LogP contribution in [-0.4, -0.2) is 196 Å². The Morgan fingerprint density at radius 2 is 0.821 bits per heavy atom. The topological polar surface area (TPSA) is 278 Å². The first kappa shape index (κ1) is 55.4. The van der Waals surface area contributed by atoms with Gasteiger partial charge < -0.3 is 65.3 Å². The highest BCUT2D eigenvalue weighted by Gasteiger charge is 2.58. The van der Waals surface area contributed by atoms with Gasteiger partial charge in [-0.3, -0.25) is 23.7 Å². The summed E-state index contributed by atoms with van der Waals surface area (Å²) in [6.45, 7) is 16.2. The molecule has 0 spiro atoms. The summed E-state index contributed by atoms with van der Waals surface area (Å²) in [6.07, 6.45) is 1.61. The molecule has 0 rings (SSSR count). The van der Waals surface area contributed by atoms with Gasteiger partial charge in [-0.15, -0.1) is 0 Å². The second kappa shape index (κ2) is 29.6. The lowest BCUT2D eigenvalue weighted by Gasteiger charge is -2.30. The molecule has 0 aromatic carbocycles. The van der Waals surface area contributed by atoms with Crippen molar-refractivity contribution in [1.29, 1.82) is 0 Å². The molecule has 5 unspecified atom stereocenters. The minimum Gasteiger partial charge on any atom is -0.392 e. The van der Waals surface area contributed by atoms with Crippen LogP contribution in [0.1, 0.15) is 105 Å². The lowest BCUT2D eigenvalue weighted by atomic mass is 10.2. The number of carbonyl (C=O) groups excluding carboxylic acids is 1. The molecule has 11 N–H and O–H groups in total. The molecule has 1 amide bonds. The van der Waals surface area contributed by atoms with Gasteiger partial charge in [0.2, 0.25) is 5.91 Å². The average Bonchev–Trinajstić information content (AvgIpc) is 3.13. The van der Waals surface area contributed by atoms with Crippen LogP contribution in [0.25, 0.3) is 0 Å². The summed E-state index contributed by atoms with van der Waals surface area (Å²) in [4.78, 5) is 58.5. The van der Waals surface area contributed by atoms with E-state index in [0.717, 1.165) is 38.9 Å². The van der Waals surface area contributed by atoms with Gasteiger partial charge in [0.05, 0.1) is 30.5 Å². The van der Waals surface area contributed by atoms with Crippen molar-refractivity contribution >= 4 is 21.1 Å². The van der Waals surface area contributed by atoms with Gasteiger partial charge in [-0.1, -0.05) is 34.6 Å². The Hall–Kier alpha value is -0.630. The minimum atomic E-state index is -5.58. The van der Waals surface area contributed by atoms with E-state index in [2.05, 4.69) is 20.0 Å². The fourth-order valence-corrected chi connectivity index (χ4v) is 8.45. The molecule has 336 valence electrons. The van der Waals surface area contributed by atoms with Crippen molar-refractivity contribution in [1.82, 2.24) is 24.9 Å². The quantitative estimate of drug-likeness (QED) is 0.0303. The zero-order chi connectivity index (χ0) is 43.0. The first-order valence-electron chi connectivity index (χ1n) is 20.6. The Balaban J connectivity index is 5.56. The van der Waals surface area contributed by atoms with Crippen LogP contribution in [0.5, 0.6) is 0 Å². The summed E-state index contributed by atoms with van der Waals surface area (Å²) in [6, 6.07) is 0. The largest absolute Gasteiger partial charge is 0.392 e. The van der Waals surface area contributed by atoms with E-state index in [1.807, 2.05) is 39.5 Å². The van der Waals surface area contributed by atoms with E-state index in [1.165, 1.54) is 0 Å². The molecule has 0 bridgehead atoms. The normalized spacial score (nSPS) is 15.8. The Morgan fingerprint density at radius 1 is 0.518 bits per heavy atom. The van der Waals surface area contributed by atoms with E-state index in [-0.39, 0.29) is 19.4 Å². The molecule has 0 aliphatic rings. The standard InChI is InChI=1S/C36H79N5O13P2/c1-6-30(42)25-39(24-15-35(47)37-17-11-16-36(48,55(49,50)51)56(52,53)54)21-12-18-38(19-13-22-40(26-31(43)7-2)27-32(44)8-3)20-14-23-41(28-33(45)9-4)29-34(46)10-5/h30-34,42-46,48H,6-29H2,1-5H3,(H,37,47)(H2,49,50,51)(H2,52,53,54). The number of nitrogens with zero attached hydrogens (tertiary/aromatic N) is 4. The first-order valence-corrected chi connectivity index (χ1v) is 23.8. The molecular formula is C36H79N5O13P2. The molecule has 0 aliphatic heterocycles. The molecule has 0 aromatic rings. The monoisotopic (exact) mass is 852 g/mol. The van der Waals surface area contributed by atoms with Crippen LogP contribution in [0, 0.1) is 0 Å². The van der Waals surface area contributed by atoms with Crippen molar-refractivity contribution in [2.24, 2.45) is 0 Å². The third-order valence-electron chi connectivity index (χ3n) is 10.1. The number of aliphatic hydroxyl groups excluding tert-OH is 5. The van der Waals surface area contributed by atoms with Crippen molar-refractivity contribution in [3.05, 3.63) is 0 Å². The van der Waals surface area contributed by atoms with Gasteiger partial charge in [-0.2, -0.15) is 0 Å². The summed E-state index contributed by atoms with van der Waals surface area (Å²) in [5.74, 6) is -0.407. The lowest BCUT2D eigenvalue weighted by molar-refractivity contribution is -0.121. The fourth-order valence-electron chi connectivity index (χ4n) is 6.20. The minimum absolute atomic E-state index is 0.0352. The molecule has 0 aromatic heterocycles. The summed E-state index contributed by atoms with van der Waals surface area (Å²) in [5.41, 5.74) is 0. The van der Waals surface area contributed by atoms with Crippen molar-refractivity contribution in [3.63, 3.8) is 0 Å². The molecule has 0 radical (unpaired) electrons. The Labute approximate surface area is 335 Å². The smallest absolute Gasteiger partial charge is 0.369 e. The number of aliphatic hydroxyl groups is 6. The number of rotatable bonds is 36. The molecule has 5 atom stereocenters. The van der Waals surface area contributed by atoms with E-state index in [9.17, 15) is 64.1 Å². The summed E-state index contributed by atoms with van der Waals surface area (Å²) in [7, 11) is -11.2. The van der Waals surface area contributed by atoms with E-state index in [4.69, 9.17) is 0 Å². The van der Waals surface area contributed by atoms with E-state index in [1.54, 1.807) is 0 Å². The maximum atomic E-state index is 12.6. The number of amides is 1. The SMILES string of the molecule is CCC(O)CN(CCCN(CCCN(CC(O)CC)CC(O)CC)CCCN(CC(O)CC)CC(O)CC)CCC(=O)NCCCC(O)(P(=O)(O)O)P(=O)(O)O.